The van der Waals surface area contributed by atoms with Crippen molar-refractivity contribution in [3.05, 3.63) is 51.7 Å². The number of hydrogen-bond acceptors (Lipinski definition) is 3. The van der Waals surface area contributed by atoms with E-state index >= 15 is 0 Å². The first kappa shape index (κ1) is 14.4. The quantitative estimate of drug-likeness (QED) is 0.915. The van der Waals surface area contributed by atoms with Crippen molar-refractivity contribution in [2.45, 2.75) is 12.7 Å². The number of nitrogen functional groups attached to an aromatic ring is 1. The number of benzene rings is 1. The molecule has 2 rings (SSSR count). The van der Waals surface area contributed by atoms with Gasteiger partial charge in [0.2, 0.25) is 0 Å². The van der Waals surface area contributed by atoms with Crippen molar-refractivity contribution in [2.75, 3.05) is 5.73 Å². The Balaban J connectivity index is 2.10. The number of halogens is 3. The lowest BCUT2D eigenvalue weighted by atomic mass is 10.1. The predicted octanol–water partition coefficient (Wildman–Crippen LogP) is 3.08. The number of carbonyl (C=O) groups excluding carboxylic acids is 1. The van der Waals surface area contributed by atoms with Crippen LogP contribution in [0.2, 0.25) is 0 Å². The molecule has 0 saturated carbocycles. The van der Waals surface area contributed by atoms with Crippen molar-refractivity contribution >= 4 is 22.9 Å². The molecule has 0 aliphatic heterocycles. The van der Waals surface area contributed by atoms with Crippen LogP contribution in [0.5, 0.6) is 0 Å². The zero-order valence-corrected chi connectivity index (χ0v) is 10.9. The van der Waals surface area contributed by atoms with Crippen molar-refractivity contribution in [3.63, 3.8) is 0 Å². The molecule has 0 saturated heterocycles. The molecule has 1 radical (unpaired) electrons. The van der Waals surface area contributed by atoms with E-state index in [0.717, 1.165) is 17.4 Å². The molecule has 1 heterocycles. The van der Waals surface area contributed by atoms with Gasteiger partial charge in [-0.1, -0.05) is 18.2 Å². The average Bonchev–Trinajstić information content (AvgIpc) is 2.82. The minimum Gasteiger partial charge on any atom is -0.397 e. The highest BCUT2D eigenvalue weighted by Crippen LogP contribution is 2.31. The third kappa shape index (κ3) is 3.30. The van der Waals surface area contributed by atoms with Gasteiger partial charge in [-0.2, -0.15) is 13.2 Å². The number of hydrogen-bond donors (Lipinski definition) is 2. The van der Waals surface area contributed by atoms with Gasteiger partial charge in [0.25, 0.3) is 5.91 Å². The van der Waals surface area contributed by atoms with Crippen molar-refractivity contribution in [3.8, 4) is 0 Å². The highest BCUT2D eigenvalue weighted by atomic mass is 32.1. The number of rotatable bonds is 3. The SMILES string of the molecule is Nc1[c]sc(C(=O)NCc2ccccc2C(F)(F)F)c1. The van der Waals surface area contributed by atoms with E-state index in [-0.39, 0.29) is 12.1 Å². The first-order valence-electron chi connectivity index (χ1n) is 5.58. The molecule has 1 aromatic carbocycles. The first-order valence-corrected chi connectivity index (χ1v) is 6.40. The fourth-order valence-corrected chi connectivity index (χ4v) is 2.28. The van der Waals surface area contributed by atoms with Crippen LogP contribution in [0.4, 0.5) is 18.9 Å². The highest BCUT2D eigenvalue weighted by Gasteiger charge is 2.32. The Hall–Kier alpha value is -2.02. The first-order chi connectivity index (χ1) is 9.38. The standard InChI is InChI=1S/C13H10F3N2OS/c14-13(15,16)10-4-2-1-3-8(10)6-18-12(19)11-5-9(17)7-20-11/h1-5H,6,17H2,(H,18,19). The van der Waals surface area contributed by atoms with Gasteiger partial charge < -0.3 is 11.1 Å². The Kier molecular flexibility index (Phi) is 3.99. The number of amides is 1. The van der Waals surface area contributed by atoms with E-state index < -0.39 is 17.6 Å². The summed E-state index contributed by atoms with van der Waals surface area (Å²) in [5.74, 6) is -0.472. The maximum Gasteiger partial charge on any atom is 0.416 e. The maximum atomic E-state index is 12.8. The molecule has 20 heavy (non-hydrogen) atoms. The fraction of sp³-hybridized carbons (Fsp3) is 0.154. The Morgan fingerprint density at radius 3 is 2.65 bits per heavy atom. The van der Waals surface area contributed by atoms with E-state index in [4.69, 9.17) is 5.73 Å². The summed E-state index contributed by atoms with van der Waals surface area (Å²) in [5, 5.41) is 5.10. The van der Waals surface area contributed by atoms with Crippen LogP contribution in [0.15, 0.2) is 30.3 Å². The van der Waals surface area contributed by atoms with E-state index in [1.807, 2.05) is 0 Å². The monoisotopic (exact) mass is 299 g/mol. The summed E-state index contributed by atoms with van der Waals surface area (Å²) >= 11 is 1.02. The third-order valence-corrected chi connectivity index (χ3v) is 3.41. The molecule has 0 atom stereocenters. The number of nitrogens with one attached hydrogen (secondary N) is 1. The van der Waals surface area contributed by atoms with Crippen molar-refractivity contribution < 1.29 is 18.0 Å². The van der Waals surface area contributed by atoms with Crippen LogP contribution in [0.3, 0.4) is 0 Å². The molecule has 1 amide bonds. The number of thiophene rings is 1. The lowest BCUT2D eigenvalue weighted by Crippen LogP contribution is -2.23. The maximum absolute atomic E-state index is 12.8. The summed E-state index contributed by atoms with van der Waals surface area (Å²) in [6, 6.07) is 6.54. The van der Waals surface area contributed by atoms with Crippen molar-refractivity contribution in [1.82, 2.24) is 5.32 Å². The largest absolute Gasteiger partial charge is 0.416 e. The predicted molar refractivity (Wildman–Crippen MR) is 70.2 cm³/mol. The minimum absolute atomic E-state index is 0.0156. The average molecular weight is 299 g/mol. The number of nitrogens with two attached hydrogens (primary N) is 1. The Morgan fingerprint density at radius 1 is 1.35 bits per heavy atom. The Labute approximate surface area is 117 Å². The molecular weight excluding hydrogens is 289 g/mol. The van der Waals surface area contributed by atoms with Gasteiger partial charge in [-0.3, -0.25) is 4.79 Å². The van der Waals surface area contributed by atoms with Crippen LogP contribution in [0.1, 0.15) is 20.8 Å². The molecule has 0 bridgehead atoms. The highest BCUT2D eigenvalue weighted by molar-refractivity contribution is 7.12. The van der Waals surface area contributed by atoms with Crippen LogP contribution in [0, 0.1) is 5.38 Å². The number of anilines is 1. The van der Waals surface area contributed by atoms with Gasteiger partial charge in [-0.05, 0) is 17.7 Å². The summed E-state index contributed by atoms with van der Waals surface area (Å²) in [6.07, 6.45) is -4.44. The van der Waals surface area contributed by atoms with E-state index in [1.165, 1.54) is 24.3 Å². The van der Waals surface area contributed by atoms with Gasteiger partial charge >= 0.3 is 6.18 Å². The van der Waals surface area contributed by atoms with Crippen LogP contribution in [-0.2, 0) is 12.7 Å². The van der Waals surface area contributed by atoms with Crippen LogP contribution in [0.25, 0.3) is 0 Å². The fourth-order valence-electron chi connectivity index (χ4n) is 1.64. The molecule has 0 aliphatic carbocycles. The molecule has 7 heteroatoms. The van der Waals surface area contributed by atoms with Gasteiger partial charge in [0.1, 0.15) is 0 Å². The number of alkyl halides is 3. The molecule has 3 N–H and O–H groups in total. The molecule has 0 fully saturated rings. The second-order valence-corrected chi connectivity index (χ2v) is 4.85. The van der Waals surface area contributed by atoms with Gasteiger partial charge in [-0.25, -0.2) is 0 Å². The summed E-state index contributed by atoms with van der Waals surface area (Å²) in [4.78, 5) is 12.0. The van der Waals surface area contributed by atoms with Gasteiger partial charge in [-0.15, -0.1) is 11.3 Å². The van der Waals surface area contributed by atoms with Crippen LogP contribution < -0.4 is 11.1 Å². The van der Waals surface area contributed by atoms with Gasteiger partial charge in [0, 0.05) is 6.54 Å². The van der Waals surface area contributed by atoms with E-state index in [0.29, 0.717) is 10.6 Å². The lowest BCUT2D eigenvalue weighted by Gasteiger charge is -2.12. The zero-order chi connectivity index (χ0) is 14.8. The van der Waals surface area contributed by atoms with Gasteiger partial charge in [0.15, 0.2) is 0 Å². The summed E-state index contributed by atoms with van der Waals surface area (Å²) in [5.41, 5.74) is 5.02. The summed E-state index contributed by atoms with van der Waals surface area (Å²) in [7, 11) is 0. The molecule has 0 spiro atoms. The normalized spacial score (nSPS) is 11.3. The van der Waals surface area contributed by atoms with E-state index in [9.17, 15) is 18.0 Å². The zero-order valence-electron chi connectivity index (χ0n) is 10.1. The molecule has 0 unspecified atom stereocenters. The van der Waals surface area contributed by atoms with Crippen molar-refractivity contribution in [1.29, 1.82) is 0 Å². The second kappa shape index (κ2) is 5.54. The Bertz CT molecular complexity index is 622. The molecule has 105 valence electrons. The van der Waals surface area contributed by atoms with E-state index in [1.54, 1.807) is 0 Å². The topological polar surface area (TPSA) is 55.1 Å². The molecular formula is C13H10F3N2OS. The Morgan fingerprint density at radius 2 is 2.05 bits per heavy atom. The molecule has 3 nitrogen and oxygen atoms in total. The van der Waals surface area contributed by atoms with Crippen LogP contribution in [-0.4, -0.2) is 5.91 Å². The number of carbonyl (C=O) groups is 1. The van der Waals surface area contributed by atoms with Crippen LogP contribution >= 0.6 is 11.3 Å². The van der Waals surface area contributed by atoms with Gasteiger partial charge in [0.05, 0.1) is 21.5 Å². The second-order valence-electron chi connectivity index (χ2n) is 4.01. The smallest absolute Gasteiger partial charge is 0.397 e. The minimum atomic E-state index is -4.44. The molecule has 2 aromatic rings. The van der Waals surface area contributed by atoms with Crippen molar-refractivity contribution in [2.24, 2.45) is 0 Å². The van der Waals surface area contributed by atoms with E-state index in [2.05, 4.69) is 10.7 Å². The molecule has 1 aromatic heterocycles. The summed E-state index contributed by atoms with van der Waals surface area (Å²) < 4.78 is 38.3. The third-order valence-electron chi connectivity index (χ3n) is 2.55. The summed E-state index contributed by atoms with van der Waals surface area (Å²) in [6.45, 7) is -0.202. The lowest BCUT2D eigenvalue weighted by molar-refractivity contribution is -0.138. The molecule has 0 aliphatic rings.